The molecular weight excluding hydrogens is 186 g/mol. The van der Waals surface area contributed by atoms with Crippen molar-refractivity contribution < 1.29 is 4.74 Å². The lowest BCUT2D eigenvalue weighted by molar-refractivity contribution is 0.328. The summed E-state index contributed by atoms with van der Waals surface area (Å²) in [5.41, 5.74) is 0.920. The van der Waals surface area contributed by atoms with E-state index in [9.17, 15) is 0 Å². The Hall–Kier alpha value is -1.83. The first-order valence-electron chi connectivity index (χ1n) is 4.99. The largest absolute Gasteiger partial charge is 0.491 e. The summed E-state index contributed by atoms with van der Waals surface area (Å²) in [5.74, 6) is 0.843. The fourth-order valence-electron chi connectivity index (χ4n) is 1.44. The molecule has 0 unspecified atom stereocenters. The Kier molecular flexibility index (Phi) is 2.98. The van der Waals surface area contributed by atoms with Crippen LogP contribution in [0.15, 0.2) is 49.2 Å². The number of benzene rings is 1. The molecule has 0 saturated carbocycles. The minimum absolute atomic E-state index is 0.652. The minimum atomic E-state index is 0.652. The Morgan fingerprint density at radius 3 is 3.00 bits per heavy atom. The van der Waals surface area contributed by atoms with Crippen molar-refractivity contribution in [1.82, 2.24) is 4.98 Å². The first-order chi connectivity index (χ1) is 7.42. The summed E-state index contributed by atoms with van der Waals surface area (Å²) in [6, 6.07) is 9.91. The molecule has 0 spiro atoms. The monoisotopic (exact) mass is 199 g/mol. The van der Waals surface area contributed by atoms with E-state index < -0.39 is 0 Å². The van der Waals surface area contributed by atoms with Gasteiger partial charge >= 0.3 is 0 Å². The van der Waals surface area contributed by atoms with Gasteiger partial charge in [-0.3, -0.25) is 4.98 Å². The van der Waals surface area contributed by atoms with E-state index in [2.05, 4.69) is 11.6 Å². The first kappa shape index (κ1) is 9.71. The molecule has 2 heteroatoms. The van der Waals surface area contributed by atoms with Crippen LogP contribution in [0.5, 0.6) is 5.75 Å². The van der Waals surface area contributed by atoms with Gasteiger partial charge in [-0.1, -0.05) is 24.3 Å². The van der Waals surface area contributed by atoms with Crippen molar-refractivity contribution in [2.24, 2.45) is 0 Å². The molecule has 2 nitrogen and oxygen atoms in total. The Morgan fingerprint density at radius 1 is 1.27 bits per heavy atom. The van der Waals surface area contributed by atoms with Crippen LogP contribution in [-0.2, 0) is 0 Å². The number of ether oxygens (including phenoxy) is 1. The Morgan fingerprint density at radius 2 is 2.13 bits per heavy atom. The van der Waals surface area contributed by atoms with E-state index in [1.165, 1.54) is 0 Å². The van der Waals surface area contributed by atoms with E-state index in [1.807, 2.05) is 36.4 Å². The number of hydrogen-bond donors (Lipinski definition) is 0. The van der Waals surface area contributed by atoms with Crippen LogP contribution in [0.1, 0.15) is 6.42 Å². The van der Waals surface area contributed by atoms with Crippen molar-refractivity contribution in [2.75, 3.05) is 6.61 Å². The quantitative estimate of drug-likeness (QED) is 0.557. The molecule has 0 bridgehead atoms. The van der Waals surface area contributed by atoms with E-state index in [0.29, 0.717) is 6.61 Å². The van der Waals surface area contributed by atoms with Crippen LogP contribution in [0.3, 0.4) is 0 Å². The van der Waals surface area contributed by atoms with Crippen molar-refractivity contribution in [1.29, 1.82) is 0 Å². The van der Waals surface area contributed by atoms with Gasteiger partial charge in [-0.25, -0.2) is 0 Å². The third-order valence-corrected chi connectivity index (χ3v) is 2.18. The molecule has 0 radical (unpaired) electrons. The van der Waals surface area contributed by atoms with Gasteiger partial charge in [-0.2, -0.15) is 0 Å². The lowest BCUT2D eigenvalue weighted by atomic mass is 10.2. The highest BCUT2D eigenvalue weighted by Gasteiger charge is 2.01. The van der Waals surface area contributed by atoms with Crippen LogP contribution >= 0.6 is 0 Å². The molecule has 0 aliphatic carbocycles. The van der Waals surface area contributed by atoms with Crippen molar-refractivity contribution in [3.63, 3.8) is 0 Å². The zero-order valence-corrected chi connectivity index (χ0v) is 8.52. The van der Waals surface area contributed by atoms with Gasteiger partial charge in [0.1, 0.15) is 11.3 Å². The lowest BCUT2D eigenvalue weighted by Gasteiger charge is -2.06. The third kappa shape index (κ3) is 2.15. The van der Waals surface area contributed by atoms with Crippen molar-refractivity contribution in [3.05, 3.63) is 49.2 Å². The number of nitrogens with zero attached hydrogens (tertiary/aromatic N) is 1. The van der Waals surface area contributed by atoms with Gasteiger partial charge in [0, 0.05) is 11.6 Å². The third-order valence-electron chi connectivity index (χ3n) is 2.18. The predicted molar refractivity (Wildman–Crippen MR) is 62.1 cm³/mol. The van der Waals surface area contributed by atoms with Gasteiger partial charge in [-0.05, 0) is 18.6 Å². The molecule has 0 atom stereocenters. The number of rotatable bonds is 4. The average molecular weight is 199 g/mol. The van der Waals surface area contributed by atoms with Crippen LogP contribution in [0.2, 0.25) is 0 Å². The highest BCUT2D eigenvalue weighted by atomic mass is 16.5. The van der Waals surface area contributed by atoms with Gasteiger partial charge in [0.2, 0.25) is 0 Å². The predicted octanol–water partition coefficient (Wildman–Crippen LogP) is 3.19. The van der Waals surface area contributed by atoms with Gasteiger partial charge in [0.05, 0.1) is 6.61 Å². The SMILES string of the molecule is C=CCCOc1cccc2cccnc12. The molecule has 1 heterocycles. The topological polar surface area (TPSA) is 22.1 Å². The summed E-state index contributed by atoms with van der Waals surface area (Å²) in [4.78, 5) is 4.31. The van der Waals surface area contributed by atoms with Crippen LogP contribution < -0.4 is 4.74 Å². The smallest absolute Gasteiger partial charge is 0.145 e. The Bertz CT molecular complexity index is 460. The molecule has 0 fully saturated rings. The number of aromatic nitrogens is 1. The summed E-state index contributed by atoms with van der Waals surface area (Å²) in [7, 11) is 0. The van der Waals surface area contributed by atoms with Gasteiger partial charge < -0.3 is 4.74 Å². The van der Waals surface area contributed by atoms with Crippen molar-refractivity contribution in [2.45, 2.75) is 6.42 Å². The van der Waals surface area contributed by atoms with Crippen molar-refractivity contribution >= 4 is 10.9 Å². The summed E-state index contributed by atoms with van der Waals surface area (Å²) in [6.07, 6.45) is 4.48. The highest BCUT2D eigenvalue weighted by molar-refractivity contribution is 5.84. The molecule has 0 saturated heterocycles. The highest BCUT2D eigenvalue weighted by Crippen LogP contribution is 2.22. The van der Waals surface area contributed by atoms with E-state index in [1.54, 1.807) is 6.20 Å². The summed E-state index contributed by atoms with van der Waals surface area (Å²) in [6.45, 7) is 4.31. The second-order valence-corrected chi connectivity index (χ2v) is 3.26. The normalized spacial score (nSPS) is 10.1. The molecule has 2 rings (SSSR count). The molecule has 0 aliphatic heterocycles. The average Bonchev–Trinajstić information content (AvgIpc) is 2.30. The van der Waals surface area contributed by atoms with Crippen molar-refractivity contribution in [3.8, 4) is 5.75 Å². The molecule has 15 heavy (non-hydrogen) atoms. The van der Waals surface area contributed by atoms with Gasteiger partial charge in [0.25, 0.3) is 0 Å². The molecule has 1 aromatic heterocycles. The van der Waals surface area contributed by atoms with Gasteiger partial charge in [-0.15, -0.1) is 6.58 Å². The fraction of sp³-hybridized carbons (Fsp3) is 0.154. The zero-order chi connectivity index (χ0) is 10.5. The second kappa shape index (κ2) is 4.60. The summed E-state index contributed by atoms with van der Waals surface area (Å²) >= 11 is 0. The molecule has 2 aromatic rings. The molecule has 0 aliphatic rings. The molecule has 0 N–H and O–H groups in total. The van der Waals surface area contributed by atoms with E-state index in [0.717, 1.165) is 23.1 Å². The molecule has 0 amide bonds. The van der Waals surface area contributed by atoms with E-state index in [4.69, 9.17) is 4.74 Å². The van der Waals surface area contributed by atoms with E-state index >= 15 is 0 Å². The number of hydrogen-bond acceptors (Lipinski definition) is 2. The van der Waals surface area contributed by atoms with Crippen LogP contribution in [0.4, 0.5) is 0 Å². The zero-order valence-electron chi connectivity index (χ0n) is 8.52. The molecular formula is C13H13NO. The van der Waals surface area contributed by atoms with Gasteiger partial charge in [0.15, 0.2) is 0 Å². The standard InChI is InChI=1S/C13H13NO/c1-2-3-10-15-12-8-4-6-11-7-5-9-14-13(11)12/h2,4-9H,1,3,10H2. The minimum Gasteiger partial charge on any atom is -0.491 e. The Labute approximate surface area is 89.2 Å². The maximum Gasteiger partial charge on any atom is 0.145 e. The van der Waals surface area contributed by atoms with Crippen LogP contribution in [-0.4, -0.2) is 11.6 Å². The second-order valence-electron chi connectivity index (χ2n) is 3.26. The van der Waals surface area contributed by atoms with Crippen LogP contribution in [0.25, 0.3) is 10.9 Å². The Balaban J connectivity index is 2.30. The maximum absolute atomic E-state index is 5.63. The molecule has 76 valence electrons. The van der Waals surface area contributed by atoms with E-state index in [-0.39, 0.29) is 0 Å². The lowest BCUT2D eigenvalue weighted by Crippen LogP contribution is -1.96. The maximum atomic E-state index is 5.63. The summed E-state index contributed by atoms with van der Waals surface area (Å²) in [5, 5.41) is 1.11. The number of para-hydroxylation sites is 1. The number of pyridine rings is 1. The summed E-state index contributed by atoms with van der Waals surface area (Å²) < 4.78 is 5.63. The molecule has 1 aromatic carbocycles. The van der Waals surface area contributed by atoms with Crippen LogP contribution in [0, 0.1) is 0 Å². The number of fused-ring (bicyclic) bond motifs is 1. The fourth-order valence-corrected chi connectivity index (χ4v) is 1.44. The first-order valence-corrected chi connectivity index (χ1v) is 4.99.